The topological polar surface area (TPSA) is 29.5 Å². The summed E-state index contributed by atoms with van der Waals surface area (Å²) in [6.07, 6.45) is 2.15. The van der Waals surface area contributed by atoms with Crippen LogP contribution in [0.3, 0.4) is 0 Å². The number of amides is 1. The lowest BCUT2D eigenvalue weighted by molar-refractivity contribution is -0.902. The predicted molar refractivity (Wildman–Crippen MR) is 55.0 cm³/mol. The molecule has 1 saturated heterocycles. The van der Waals surface area contributed by atoms with Crippen LogP contribution in [0.2, 0.25) is 0 Å². The molecular weight excluding hydrogens is 180 g/mol. The average Bonchev–Trinajstić information content (AvgIpc) is 2.40. The minimum atomic E-state index is -0.239. The van der Waals surface area contributed by atoms with Crippen LogP contribution in [0.4, 0.5) is 4.79 Å². The molecule has 1 unspecified atom stereocenters. The molecule has 82 valence electrons. The Morgan fingerprint density at radius 2 is 2.14 bits per heavy atom. The van der Waals surface area contributed by atoms with Gasteiger partial charge in [0.25, 0.3) is 0 Å². The fraction of sp³-hybridized carbons (Fsp3) is 0.900. The number of ether oxygens (including phenoxy) is 1. The Morgan fingerprint density at radius 3 is 2.57 bits per heavy atom. The van der Waals surface area contributed by atoms with Gasteiger partial charge in [0.15, 0.2) is 0 Å². The Hall–Kier alpha value is -0.770. The second-order valence-corrected chi connectivity index (χ2v) is 4.77. The van der Waals surface area contributed by atoms with Crippen LogP contribution in [-0.2, 0) is 4.74 Å². The third-order valence-corrected chi connectivity index (χ3v) is 3.02. The van der Waals surface area contributed by atoms with E-state index in [-0.39, 0.29) is 6.09 Å². The molecule has 0 radical (unpaired) electrons. The highest BCUT2D eigenvalue weighted by Gasteiger charge is 2.34. The molecule has 4 heteroatoms. The Kier molecular flexibility index (Phi) is 3.37. The lowest BCUT2D eigenvalue weighted by Crippen LogP contribution is -2.47. The number of likely N-dealkylation sites (tertiary alicyclic amines) is 1. The summed E-state index contributed by atoms with van der Waals surface area (Å²) in [5.74, 6) is 0. The second-order valence-electron chi connectivity index (χ2n) is 4.77. The molecule has 0 spiro atoms. The van der Waals surface area contributed by atoms with Crippen molar-refractivity contribution in [1.82, 2.24) is 4.90 Å². The zero-order chi connectivity index (χ0) is 10.8. The van der Waals surface area contributed by atoms with Gasteiger partial charge in [0.05, 0.1) is 20.6 Å². The van der Waals surface area contributed by atoms with E-state index in [4.69, 9.17) is 4.74 Å². The number of quaternary nitrogens is 1. The molecule has 1 amide bonds. The van der Waals surface area contributed by atoms with E-state index >= 15 is 0 Å². The van der Waals surface area contributed by atoms with Crippen molar-refractivity contribution in [2.75, 3.05) is 41.3 Å². The van der Waals surface area contributed by atoms with Crippen LogP contribution in [0.25, 0.3) is 0 Å². The van der Waals surface area contributed by atoms with Crippen LogP contribution in [0.5, 0.6) is 0 Å². The van der Waals surface area contributed by atoms with Crippen molar-refractivity contribution in [2.24, 2.45) is 0 Å². The van der Waals surface area contributed by atoms with E-state index in [0.29, 0.717) is 12.6 Å². The lowest BCUT2D eigenvalue weighted by atomic mass is 10.2. The highest BCUT2D eigenvalue weighted by molar-refractivity contribution is 5.66. The van der Waals surface area contributed by atoms with Gasteiger partial charge >= 0.3 is 6.09 Å². The van der Waals surface area contributed by atoms with Crippen LogP contribution >= 0.6 is 0 Å². The molecule has 0 aliphatic carbocycles. The Balaban J connectivity index is 2.35. The third kappa shape index (κ3) is 2.61. The third-order valence-electron chi connectivity index (χ3n) is 3.02. The number of carbonyl (C=O) groups excluding carboxylic acids is 1. The highest BCUT2D eigenvalue weighted by Crippen LogP contribution is 2.22. The molecule has 14 heavy (non-hydrogen) atoms. The summed E-state index contributed by atoms with van der Waals surface area (Å²) in [4.78, 5) is 12.7. The maximum absolute atomic E-state index is 11.2. The van der Waals surface area contributed by atoms with E-state index in [1.165, 1.54) is 17.9 Å². The van der Waals surface area contributed by atoms with Gasteiger partial charge in [-0.3, -0.25) is 0 Å². The van der Waals surface area contributed by atoms with Crippen molar-refractivity contribution in [3.63, 3.8) is 0 Å². The minimum absolute atomic E-state index is 0.239. The molecule has 1 aliphatic rings. The van der Waals surface area contributed by atoms with Gasteiger partial charge in [0, 0.05) is 26.9 Å². The van der Waals surface area contributed by atoms with E-state index < -0.39 is 0 Å². The van der Waals surface area contributed by atoms with Crippen LogP contribution in [-0.4, -0.2) is 62.9 Å². The maximum Gasteiger partial charge on any atom is 0.409 e. The number of rotatable bonds is 2. The molecule has 1 heterocycles. The van der Waals surface area contributed by atoms with Crippen LogP contribution < -0.4 is 0 Å². The first-order valence-corrected chi connectivity index (χ1v) is 5.10. The van der Waals surface area contributed by atoms with Gasteiger partial charge in [-0.25, -0.2) is 4.79 Å². The largest absolute Gasteiger partial charge is 0.443 e. The normalized spacial score (nSPS) is 24.7. The Labute approximate surface area is 86.0 Å². The van der Waals surface area contributed by atoms with E-state index in [0.717, 1.165) is 10.9 Å². The molecule has 1 rings (SSSR count). The lowest BCUT2D eigenvalue weighted by Gasteiger charge is -2.31. The molecule has 0 saturated carbocycles. The molecule has 4 nitrogen and oxygen atoms in total. The SMILES string of the molecule is CN(C)C(=O)OCC1CCC[N+]1(C)C. The standard InChI is InChI=1S/C10H21N2O2/c1-11(2)10(13)14-8-9-6-5-7-12(9,3)4/h9H,5-8H2,1-4H3/q+1. The Bertz CT molecular complexity index is 214. The molecule has 0 aromatic heterocycles. The van der Waals surface area contributed by atoms with Crippen LogP contribution in [0.15, 0.2) is 0 Å². The number of nitrogens with zero attached hydrogens (tertiary/aromatic N) is 2. The molecule has 0 N–H and O–H groups in total. The Morgan fingerprint density at radius 1 is 1.50 bits per heavy atom. The first-order valence-electron chi connectivity index (χ1n) is 5.10. The van der Waals surface area contributed by atoms with Crippen molar-refractivity contribution in [3.8, 4) is 0 Å². The molecule has 1 aliphatic heterocycles. The molecule has 1 fully saturated rings. The monoisotopic (exact) mass is 201 g/mol. The van der Waals surface area contributed by atoms with Gasteiger partial charge in [0.1, 0.15) is 12.6 Å². The average molecular weight is 201 g/mol. The molecule has 1 atom stereocenters. The number of hydrogen-bond donors (Lipinski definition) is 0. The first-order chi connectivity index (χ1) is 6.43. The predicted octanol–water partition coefficient (Wildman–Crippen LogP) is 0.923. The maximum atomic E-state index is 11.2. The molecular formula is C10H21N2O2+. The number of likely N-dealkylation sites (N-methyl/N-ethyl adjacent to an activating group) is 1. The summed E-state index contributed by atoms with van der Waals surface area (Å²) in [5.41, 5.74) is 0. The first kappa shape index (κ1) is 11.3. The van der Waals surface area contributed by atoms with Crippen LogP contribution in [0.1, 0.15) is 12.8 Å². The van der Waals surface area contributed by atoms with Crippen molar-refractivity contribution in [1.29, 1.82) is 0 Å². The number of hydrogen-bond acceptors (Lipinski definition) is 2. The fourth-order valence-corrected chi connectivity index (χ4v) is 1.85. The summed E-state index contributed by atoms with van der Waals surface area (Å²) >= 11 is 0. The zero-order valence-electron chi connectivity index (χ0n) is 9.62. The summed E-state index contributed by atoms with van der Waals surface area (Å²) in [5, 5.41) is 0. The van der Waals surface area contributed by atoms with Crippen molar-refractivity contribution in [3.05, 3.63) is 0 Å². The van der Waals surface area contributed by atoms with E-state index in [2.05, 4.69) is 14.1 Å². The summed E-state index contributed by atoms with van der Waals surface area (Å²) < 4.78 is 6.17. The van der Waals surface area contributed by atoms with E-state index in [1.54, 1.807) is 14.1 Å². The highest BCUT2D eigenvalue weighted by atomic mass is 16.6. The van der Waals surface area contributed by atoms with Gasteiger partial charge in [-0.15, -0.1) is 0 Å². The second kappa shape index (κ2) is 4.17. The van der Waals surface area contributed by atoms with Gasteiger partial charge < -0.3 is 14.1 Å². The molecule has 0 bridgehead atoms. The molecule has 0 aromatic carbocycles. The number of carbonyl (C=O) groups is 1. The molecule has 0 aromatic rings. The summed E-state index contributed by atoms with van der Waals surface area (Å²) in [6.45, 7) is 1.73. The minimum Gasteiger partial charge on any atom is -0.443 e. The van der Waals surface area contributed by atoms with Crippen molar-refractivity contribution < 1.29 is 14.0 Å². The van der Waals surface area contributed by atoms with Crippen molar-refractivity contribution in [2.45, 2.75) is 18.9 Å². The fourth-order valence-electron chi connectivity index (χ4n) is 1.85. The summed E-state index contributed by atoms with van der Waals surface area (Å²) in [7, 11) is 7.80. The van der Waals surface area contributed by atoms with E-state index in [1.807, 2.05) is 0 Å². The van der Waals surface area contributed by atoms with Gasteiger partial charge in [-0.2, -0.15) is 0 Å². The quantitative estimate of drug-likeness (QED) is 0.622. The van der Waals surface area contributed by atoms with E-state index in [9.17, 15) is 4.79 Å². The van der Waals surface area contributed by atoms with Crippen LogP contribution in [0, 0.1) is 0 Å². The van der Waals surface area contributed by atoms with Crippen molar-refractivity contribution >= 4 is 6.09 Å². The smallest absolute Gasteiger partial charge is 0.409 e. The summed E-state index contributed by atoms with van der Waals surface area (Å²) in [6, 6.07) is 0.471. The van der Waals surface area contributed by atoms with Gasteiger partial charge in [-0.05, 0) is 0 Å². The van der Waals surface area contributed by atoms with Gasteiger partial charge in [-0.1, -0.05) is 0 Å². The zero-order valence-corrected chi connectivity index (χ0v) is 9.62. The van der Waals surface area contributed by atoms with Gasteiger partial charge in [0.2, 0.25) is 0 Å².